The number of rotatable bonds is 5. The normalized spacial score (nSPS) is 14.3. The van der Waals surface area contributed by atoms with Gasteiger partial charge in [-0.3, -0.25) is 9.59 Å². The van der Waals surface area contributed by atoms with Crippen molar-refractivity contribution in [2.75, 3.05) is 38.6 Å². The fraction of sp³-hybridized carbons (Fsp3) is 0.389. The van der Waals surface area contributed by atoms with Gasteiger partial charge >= 0.3 is 5.97 Å². The number of aromatic nitrogens is 1. The molecule has 0 bridgehead atoms. The van der Waals surface area contributed by atoms with E-state index in [4.69, 9.17) is 15.2 Å². The second kappa shape index (κ2) is 8.29. The van der Waals surface area contributed by atoms with Gasteiger partial charge in [-0.2, -0.15) is 0 Å². The van der Waals surface area contributed by atoms with Gasteiger partial charge in [0.1, 0.15) is 0 Å². The van der Waals surface area contributed by atoms with Gasteiger partial charge in [-0.1, -0.05) is 29.8 Å². The third-order valence-electron chi connectivity index (χ3n) is 4.06. The zero-order valence-electron chi connectivity index (χ0n) is 14.6. The molecule has 2 heterocycles. The van der Waals surface area contributed by atoms with Crippen molar-refractivity contribution in [3.63, 3.8) is 0 Å². The molecule has 2 N–H and O–H groups in total. The van der Waals surface area contributed by atoms with E-state index >= 15 is 0 Å². The smallest absolute Gasteiger partial charge is 0.311 e. The quantitative estimate of drug-likeness (QED) is 0.799. The molecule has 0 radical (unpaired) electrons. The minimum Gasteiger partial charge on any atom is -0.455 e. The minimum atomic E-state index is -0.469. The van der Waals surface area contributed by atoms with E-state index in [9.17, 15) is 9.59 Å². The fourth-order valence-electron chi connectivity index (χ4n) is 2.66. The summed E-state index contributed by atoms with van der Waals surface area (Å²) in [6.07, 6.45) is 0.0362. The fourth-order valence-corrected chi connectivity index (χ4v) is 3.49. The second-order valence-electron chi connectivity index (χ2n) is 6.02. The Balaban J connectivity index is 1.60. The van der Waals surface area contributed by atoms with Crippen LogP contribution < -0.4 is 5.73 Å². The molecule has 1 aromatic carbocycles. The van der Waals surface area contributed by atoms with Gasteiger partial charge in [-0.05, 0) is 6.92 Å². The molecule has 0 aliphatic carbocycles. The molecule has 0 unspecified atom stereocenters. The highest BCUT2D eigenvalue weighted by molar-refractivity contribution is 7.15. The molecule has 2 aromatic rings. The van der Waals surface area contributed by atoms with Gasteiger partial charge in [0, 0.05) is 23.5 Å². The summed E-state index contributed by atoms with van der Waals surface area (Å²) in [6, 6.07) is 7.85. The van der Waals surface area contributed by atoms with Crippen molar-refractivity contribution in [1.82, 2.24) is 9.88 Å². The first-order valence-electron chi connectivity index (χ1n) is 8.36. The maximum absolute atomic E-state index is 12.2. The highest BCUT2D eigenvalue weighted by atomic mass is 32.1. The van der Waals surface area contributed by atoms with Crippen LogP contribution in [-0.4, -0.2) is 54.7 Å². The lowest BCUT2D eigenvalue weighted by Crippen LogP contribution is -2.42. The van der Waals surface area contributed by atoms with Crippen LogP contribution in [0.2, 0.25) is 0 Å². The number of hydrogen-bond donors (Lipinski definition) is 1. The summed E-state index contributed by atoms with van der Waals surface area (Å²) >= 11 is 1.26. The van der Waals surface area contributed by atoms with Crippen LogP contribution in [0.1, 0.15) is 10.4 Å². The Hall–Kier alpha value is -2.45. The first kappa shape index (κ1) is 18.3. The number of nitrogens with zero attached hydrogens (tertiary/aromatic N) is 2. The highest BCUT2D eigenvalue weighted by Crippen LogP contribution is 2.30. The average Bonchev–Trinajstić information content (AvgIpc) is 3.01. The van der Waals surface area contributed by atoms with Gasteiger partial charge in [0.25, 0.3) is 5.91 Å². The predicted molar refractivity (Wildman–Crippen MR) is 98.8 cm³/mol. The summed E-state index contributed by atoms with van der Waals surface area (Å²) in [6.45, 7) is 3.83. The number of ether oxygens (including phenoxy) is 2. The van der Waals surface area contributed by atoms with E-state index in [1.54, 1.807) is 4.90 Å². The van der Waals surface area contributed by atoms with Crippen LogP contribution in [0.25, 0.3) is 11.3 Å². The molecule has 1 saturated heterocycles. The lowest BCUT2D eigenvalue weighted by Gasteiger charge is -2.26. The molecule has 1 fully saturated rings. The number of benzene rings is 1. The molecule has 0 atom stereocenters. The molecule has 138 valence electrons. The van der Waals surface area contributed by atoms with Crippen molar-refractivity contribution in [2.24, 2.45) is 0 Å². The number of carbonyl (C=O) groups is 2. The minimum absolute atomic E-state index is 0.0362. The molecule has 1 aromatic heterocycles. The number of amides is 1. The van der Waals surface area contributed by atoms with Crippen molar-refractivity contribution in [3.8, 4) is 11.3 Å². The largest absolute Gasteiger partial charge is 0.455 e. The van der Waals surface area contributed by atoms with Gasteiger partial charge in [-0.15, -0.1) is 11.3 Å². The van der Waals surface area contributed by atoms with E-state index in [2.05, 4.69) is 4.98 Å². The number of thiazole rings is 1. The number of hydrogen-bond acceptors (Lipinski definition) is 7. The van der Waals surface area contributed by atoms with Crippen LogP contribution in [0.3, 0.4) is 0 Å². The van der Waals surface area contributed by atoms with E-state index in [1.807, 2.05) is 31.2 Å². The van der Waals surface area contributed by atoms with Gasteiger partial charge in [0.2, 0.25) is 0 Å². The topological polar surface area (TPSA) is 94.8 Å². The third kappa shape index (κ3) is 4.59. The van der Waals surface area contributed by atoms with Crippen LogP contribution >= 0.6 is 11.3 Å². The molecular weight excluding hydrogens is 354 g/mol. The SMILES string of the molecule is Cc1ccc(-c2nc(N)sc2CC(=O)OCC(=O)N2CCOCC2)cc1. The van der Waals surface area contributed by atoms with Gasteiger partial charge in [-0.25, -0.2) is 4.98 Å². The molecule has 1 amide bonds. The van der Waals surface area contributed by atoms with Crippen molar-refractivity contribution in [2.45, 2.75) is 13.3 Å². The number of aryl methyl sites for hydroxylation is 1. The Morgan fingerprint density at radius 2 is 1.96 bits per heavy atom. The predicted octanol–water partition coefficient (Wildman–Crippen LogP) is 1.65. The van der Waals surface area contributed by atoms with E-state index in [0.29, 0.717) is 37.1 Å². The van der Waals surface area contributed by atoms with Crippen molar-refractivity contribution < 1.29 is 19.1 Å². The Kier molecular flexibility index (Phi) is 5.85. The number of esters is 1. The monoisotopic (exact) mass is 375 g/mol. The Bertz CT molecular complexity index is 782. The Morgan fingerprint density at radius 1 is 1.27 bits per heavy atom. The molecular formula is C18H21N3O4S. The number of nitrogens with two attached hydrogens (primary N) is 1. The first-order valence-corrected chi connectivity index (χ1v) is 9.18. The van der Waals surface area contributed by atoms with Crippen LogP contribution in [0.15, 0.2) is 24.3 Å². The molecule has 1 aliphatic rings. The van der Waals surface area contributed by atoms with E-state index < -0.39 is 5.97 Å². The van der Waals surface area contributed by atoms with Crippen LogP contribution in [0.5, 0.6) is 0 Å². The van der Waals surface area contributed by atoms with Crippen molar-refractivity contribution in [3.05, 3.63) is 34.7 Å². The summed E-state index contributed by atoms with van der Waals surface area (Å²) < 4.78 is 10.3. The average molecular weight is 375 g/mol. The maximum atomic E-state index is 12.2. The molecule has 3 rings (SSSR count). The lowest BCUT2D eigenvalue weighted by molar-refractivity contribution is -0.153. The van der Waals surface area contributed by atoms with Crippen LogP contribution in [-0.2, 0) is 25.5 Å². The summed E-state index contributed by atoms with van der Waals surface area (Å²) in [5.41, 5.74) is 8.55. The molecule has 8 heteroatoms. The molecule has 7 nitrogen and oxygen atoms in total. The highest BCUT2D eigenvalue weighted by Gasteiger charge is 2.20. The number of anilines is 1. The zero-order chi connectivity index (χ0) is 18.5. The third-order valence-corrected chi connectivity index (χ3v) is 4.95. The standard InChI is InChI=1S/C18H21N3O4S/c1-12-2-4-13(5-3-12)17-14(26-18(19)20-17)10-16(23)25-11-15(22)21-6-8-24-9-7-21/h2-5H,6-11H2,1H3,(H2,19,20). The Labute approximate surface area is 155 Å². The number of carbonyl (C=O) groups excluding carboxylic acids is 2. The molecule has 0 saturated carbocycles. The first-order chi connectivity index (χ1) is 12.5. The maximum Gasteiger partial charge on any atom is 0.311 e. The van der Waals surface area contributed by atoms with E-state index in [1.165, 1.54) is 11.3 Å². The second-order valence-corrected chi connectivity index (χ2v) is 7.14. The number of morpholine rings is 1. The lowest BCUT2D eigenvalue weighted by atomic mass is 10.1. The van der Waals surface area contributed by atoms with Crippen LogP contribution in [0, 0.1) is 6.92 Å². The van der Waals surface area contributed by atoms with Crippen molar-refractivity contribution in [1.29, 1.82) is 0 Å². The van der Waals surface area contributed by atoms with Gasteiger partial charge in [0.05, 0.1) is 25.3 Å². The van der Waals surface area contributed by atoms with Crippen LogP contribution in [0.4, 0.5) is 5.13 Å². The summed E-state index contributed by atoms with van der Waals surface area (Å²) in [7, 11) is 0. The van der Waals surface area contributed by atoms with Gasteiger partial charge < -0.3 is 20.1 Å². The van der Waals surface area contributed by atoms with Crippen molar-refractivity contribution >= 4 is 28.3 Å². The summed E-state index contributed by atoms with van der Waals surface area (Å²) in [5.74, 6) is -0.673. The summed E-state index contributed by atoms with van der Waals surface area (Å²) in [4.78, 5) is 30.9. The summed E-state index contributed by atoms with van der Waals surface area (Å²) in [5, 5.41) is 0.396. The van der Waals surface area contributed by atoms with E-state index in [-0.39, 0.29) is 18.9 Å². The Morgan fingerprint density at radius 3 is 2.65 bits per heavy atom. The molecule has 1 aliphatic heterocycles. The molecule has 0 spiro atoms. The molecule has 26 heavy (non-hydrogen) atoms. The van der Waals surface area contributed by atoms with E-state index in [0.717, 1.165) is 16.0 Å². The number of nitrogen functional groups attached to an aromatic ring is 1. The van der Waals surface area contributed by atoms with Gasteiger partial charge in [0.15, 0.2) is 11.7 Å². The zero-order valence-corrected chi connectivity index (χ0v) is 15.4.